The van der Waals surface area contributed by atoms with Gasteiger partial charge >= 0.3 is 0 Å². The molecule has 1 atom stereocenters. The Morgan fingerprint density at radius 2 is 2.10 bits per heavy atom. The molecule has 3 heterocycles. The maximum absolute atomic E-state index is 11.9. The van der Waals surface area contributed by atoms with Crippen molar-refractivity contribution in [2.24, 2.45) is 4.99 Å². The molecule has 1 amide bonds. The van der Waals surface area contributed by atoms with E-state index in [0.717, 1.165) is 61.2 Å². The predicted molar refractivity (Wildman–Crippen MR) is 130 cm³/mol. The number of guanidine groups is 1. The highest BCUT2D eigenvalue weighted by Crippen LogP contribution is 2.21. The Kier molecular flexibility index (Phi) is 8.24. The third-order valence-corrected chi connectivity index (χ3v) is 5.52. The van der Waals surface area contributed by atoms with E-state index in [1.807, 2.05) is 21.7 Å². The van der Waals surface area contributed by atoms with E-state index in [9.17, 15) is 4.79 Å². The van der Waals surface area contributed by atoms with Crippen molar-refractivity contribution in [1.29, 1.82) is 0 Å². The molecule has 9 nitrogen and oxygen atoms in total. The lowest BCUT2D eigenvalue weighted by atomic mass is 10.1. The zero-order valence-corrected chi connectivity index (χ0v) is 20.3. The van der Waals surface area contributed by atoms with Crippen molar-refractivity contribution in [1.82, 2.24) is 25.4 Å². The van der Waals surface area contributed by atoms with Crippen LogP contribution in [0.3, 0.4) is 0 Å². The van der Waals surface area contributed by atoms with Gasteiger partial charge in [-0.05, 0) is 30.5 Å². The second kappa shape index (κ2) is 10.9. The molecule has 0 aliphatic carbocycles. The number of nitrogens with zero attached hydrogens (tertiary/aromatic N) is 5. The lowest BCUT2D eigenvalue weighted by molar-refractivity contribution is -0.117. The van der Waals surface area contributed by atoms with Gasteiger partial charge in [0.2, 0.25) is 5.91 Å². The lowest BCUT2D eigenvalue weighted by Crippen LogP contribution is -2.46. The number of carbonyl (C=O) groups is 1. The normalized spacial score (nSPS) is 18.5. The molecule has 0 saturated carbocycles. The number of aryl methyl sites for hydroxylation is 1. The van der Waals surface area contributed by atoms with Crippen LogP contribution in [-0.2, 0) is 35.6 Å². The summed E-state index contributed by atoms with van der Waals surface area (Å²) >= 11 is 0. The summed E-state index contributed by atoms with van der Waals surface area (Å²) in [5.74, 6) is 2.72. The fourth-order valence-corrected chi connectivity index (χ4v) is 3.96. The molecule has 1 aromatic heterocycles. The van der Waals surface area contributed by atoms with Gasteiger partial charge in [0.15, 0.2) is 11.8 Å². The molecule has 2 aliphatic rings. The molecule has 2 aromatic rings. The van der Waals surface area contributed by atoms with Gasteiger partial charge in [0.25, 0.3) is 0 Å². The summed E-state index contributed by atoms with van der Waals surface area (Å²) in [5, 5.41) is 11.4. The number of methoxy groups -OCH3 is 1. The maximum Gasteiger partial charge on any atom is 0.227 e. The van der Waals surface area contributed by atoms with Crippen molar-refractivity contribution in [3.63, 3.8) is 0 Å². The quantitative estimate of drug-likeness (QED) is 0.331. The van der Waals surface area contributed by atoms with Crippen LogP contribution in [0.1, 0.15) is 36.5 Å². The summed E-state index contributed by atoms with van der Waals surface area (Å²) in [5.41, 5.74) is 2.11. The van der Waals surface area contributed by atoms with Gasteiger partial charge in [-0.25, -0.2) is 9.67 Å². The number of aliphatic imine (C=N–C) groups is 1. The highest BCUT2D eigenvalue weighted by atomic mass is 127. The third kappa shape index (κ3) is 5.73. The standard InChI is InChI=1S/C21H29N7O2.HI/c1-22-21(24-16-7-10-19-25-18(14-30-2)26-28(19)13-16)23-12-15-5-8-17(9-6-15)27-11-3-4-20(27)29;/h5-6,8-9,16H,3-4,7,10-14H2,1-2H3,(H2,22,23,24);1H. The average Bonchev–Trinajstić information content (AvgIpc) is 3.37. The van der Waals surface area contributed by atoms with Crippen molar-refractivity contribution < 1.29 is 9.53 Å². The third-order valence-electron chi connectivity index (χ3n) is 5.52. The number of amides is 1. The van der Waals surface area contributed by atoms with Crippen LogP contribution in [0, 0.1) is 0 Å². The van der Waals surface area contributed by atoms with E-state index >= 15 is 0 Å². The first-order valence-corrected chi connectivity index (χ1v) is 10.4. The smallest absolute Gasteiger partial charge is 0.227 e. The minimum Gasteiger partial charge on any atom is -0.377 e. The maximum atomic E-state index is 11.9. The predicted octanol–water partition coefficient (Wildman–Crippen LogP) is 1.85. The Bertz CT molecular complexity index is 913. The Hall–Kier alpha value is -2.21. The molecule has 168 valence electrons. The van der Waals surface area contributed by atoms with Gasteiger partial charge in [-0.15, -0.1) is 24.0 Å². The highest BCUT2D eigenvalue weighted by molar-refractivity contribution is 14.0. The number of fused-ring (bicyclic) bond motifs is 1. The Balaban J connectivity index is 0.00000272. The van der Waals surface area contributed by atoms with Crippen LogP contribution in [0.2, 0.25) is 0 Å². The van der Waals surface area contributed by atoms with Crippen molar-refractivity contribution >= 4 is 41.5 Å². The fraction of sp³-hybridized carbons (Fsp3) is 0.524. The largest absolute Gasteiger partial charge is 0.377 e. The summed E-state index contributed by atoms with van der Waals surface area (Å²) in [4.78, 5) is 22.6. The first kappa shape index (κ1) is 23.5. The minimum absolute atomic E-state index is 0. The van der Waals surface area contributed by atoms with E-state index in [1.54, 1.807) is 14.2 Å². The number of benzene rings is 1. The van der Waals surface area contributed by atoms with Crippen LogP contribution in [0.4, 0.5) is 5.69 Å². The van der Waals surface area contributed by atoms with Crippen LogP contribution in [-0.4, -0.2) is 53.4 Å². The molecule has 1 aromatic carbocycles. The van der Waals surface area contributed by atoms with Crippen LogP contribution >= 0.6 is 24.0 Å². The van der Waals surface area contributed by atoms with Gasteiger partial charge in [-0.2, -0.15) is 5.10 Å². The highest BCUT2D eigenvalue weighted by Gasteiger charge is 2.23. The molecule has 10 heteroatoms. The van der Waals surface area contributed by atoms with Crippen molar-refractivity contribution in [3.05, 3.63) is 41.5 Å². The topological polar surface area (TPSA) is 96.7 Å². The second-order valence-corrected chi connectivity index (χ2v) is 7.68. The molecule has 2 N–H and O–H groups in total. The lowest BCUT2D eigenvalue weighted by Gasteiger charge is -2.25. The SMILES string of the molecule is CN=C(NCc1ccc(N2CCCC2=O)cc1)NC1CCc2nc(COC)nn2C1.I. The van der Waals surface area contributed by atoms with Gasteiger partial charge in [-0.1, -0.05) is 12.1 Å². The summed E-state index contributed by atoms with van der Waals surface area (Å²) in [7, 11) is 3.43. The van der Waals surface area contributed by atoms with Crippen molar-refractivity contribution in [2.75, 3.05) is 25.6 Å². The molecule has 0 bridgehead atoms. The molecule has 2 aliphatic heterocycles. The Morgan fingerprint density at radius 1 is 1.29 bits per heavy atom. The summed E-state index contributed by atoms with van der Waals surface area (Å²) in [6, 6.07) is 8.38. The Labute approximate surface area is 199 Å². The molecular weight excluding hydrogens is 509 g/mol. The Morgan fingerprint density at radius 3 is 2.77 bits per heavy atom. The van der Waals surface area contributed by atoms with E-state index < -0.39 is 0 Å². The number of hydrogen-bond donors (Lipinski definition) is 2. The van der Waals surface area contributed by atoms with Crippen LogP contribution in [0.15, 0.2) is 29.3 Å². The van der Waals surface area contributed by atoms with Crippen LogP contribution in [0.25, 0.3) is 0 Å². The number of aromatic nitrogens is 3. The summed E-state index contributed by atoms with van der Waals surface area (Å²) in [6.07, 6.45) is 3.44. The van der Waals surface area contributed by atoms with Gasteiger partial charge < -0.3 is 20.3 Å². The van der Waals surface area contributed by atoms with Gasteiger partial charge in [0.05, 0.1) is 6.54 Å². The van der Waals surface area contributed by atoms with E-state index in [0.29, 0.717) is 19.6 Å². The summed E-state index contributed by atoms with van der Waals surface area (Å²) < 4.78 is 7.09. The van der Waals surface area contributed by atoms with E-state index in [2.05, 4.69) is 37.8 Å². The molecule has 1 unspecified atom stereocenters. The number of hydrogen-bond acceptors (Lipinski definition) is 5. The number of rotatable bonds is 6. The van der Waals surface area contributed by atoms with Gasteiger partial charge in [0.1, 0.15) is 12.4 Å². The van der Waals surface area contributed by atoms with E-state index in [-0.39, 0.29) is 35.9 Å². The average molecular weight is 539 g/mol. The first-order valence-electron chi connectivity index (χ1n) is 10.4. The summed E-state index contributed by atoms with van der Waals surface area (Å²) in [6.45, 7) is 2.67. The first-order chi connectivity index (χ1) is 14.7. The van der Waals surface area contributed by atoms with Crippen LogP contribution in [0.5, 0.6) is 0 Å². The monoisotopic (exact) mass is 539 g/mol. The zero-order chi connectivity index (χ0) is 20.9. The van der Waals surface area contributed by atoms with Gasteiger partial charge in [0, 0.05) is 51.8 Å². The molecule has 1 fully saturated rings. The number of halogens is 1. The van der Waals surface area contributed by atoms with Crippen molar-refractivity contribution in [3.8, 4) is 0 Å². The van der Waals surface area contributed by atoms with Crippen LogP contribution < -0.4 is 15.5 Å². The minimum atomic E-state index is 0. The number of nitrogens with one attached hydrogen (secondary N) is 2. The van der Waals surface area contributed by atoms with E-state index in [4.69, 9.17) is 4.74 Å². The molecule has 0 spiro atoms. The van der Waals surface area contributed by atoms with Gasteiger partial charge in [-0.3, -0.25) is 9.79 Å². The zero-order valence-electron chi connectivity index (χ0n) is 18.0. The second-order valence-electron chi connectivity index (χ2n) is 7.68. The number of anilines is 1. The molecule has 1 saturated heterocycles. The molecule has 31 heavy (non-hydrogen) atoms. The molecular formula is C21H30IN7O2. The van der Waals surface area contributed by atoms with Crippen molar-refractivity contribution in [2.45, 2.75) is 51.4 Å². The molecule has 0 radical (unpaired) electrons. The van der Waals surface area contributed by atoms with E-state index in [1.165, 1.54) is 0 Å². The number of ether oxygens (including phenoxy) is 1. The number of carbonyl (C=O) groups excluding carboxylic acids is 1. The fourth-order valence-electron chi connectivity index (χ4n) is 3.96. The molecule has 4 rings (SSSR count).